The van der Waals surface area contributed by atoms with Crippen LogP contribution in [0.4, 0.5) is 5.69 Å². The van der Waals surface area contributed by atoms with Crippen LogP contribution in [0.1, 0.15) is 11.1 Å². The van der Waals surface area contributed by atoms with Crippen LogP contribution in [0.3, 0.4) is 0 Å². The zero-order valence-corrected chi connectivity index (χ0v) is 14.0. The maximum atomic E-state index is 6.21. The molecule has 2 heterocycles. The lowest BCUT2D eigenvalue weighted by Crippen LogP contribution is -2.46. The topological polar surface area (TPSA) is 46.1 Å². The van der Waals surface area contributed by atoms with Gasteiger partial charge in [-0.15, -0.1) is 0 Å². The van der Waals surface area contributed by atoms with Crippen LogP contribution in [0.5, 0.6) is 17.2 Å². The molecule has 0 aromatic heterocycles. The number of fused-ring (bicyclic) bond motifs is 2. The van der Waals surface area contributed by atoms with Crippen LogP contribution in [0, 0.1) is 6.92 Å². The van der Waals surface area contributed by atoms with Crippen LogP contribution in [0.15, 0.2) is 41.4 Å². The second kappa shape index (κ2) is 6.17. The van der Waals surface area contributed by atoms with E-state index in [4.69, 9.17) is 14.5 Å². The van der Waals surface area contributed by atoms with E-state index in [0.29, 0.717) is 0 Å². The summed E-state index contributed by atoms with van der Waals surface area (Å²) in [6, 6.07) is 12.1. The number of aryl methyl sites for hydroxylation is 1. The fraction of sp³-hybridized carbons (Fsp3) is 0.316. The largest absolute Gasteiger partial charge is 0.497 e. The smallest absolute Gasteiger partial charge is 0.153 e. The monoisotopic (exact) mass is 323 g/mol. The van der Waals surface area contributed by atoms with Crippen molar-refractivity contribution in [2.45, 2.75) is 6.92 Å². The molecule has 2 aromatic rings. The second-order valence-corrected chi connectivity index (χ2v) is 6.11. The van der Waals surface area contributed by atoms with E-state index in [2.05, 4.69) is 23.2 Å². The van der Waals surface area contributed by atoms with E-state index in [1.165, 1.54) is 0 Å². The molecule has 1 fully saturated rings. The van der Waals surface area contributed by atoms with Crippen molar-refractivity contribution >= 4 is 11.5 Å². The number of rotatable bonds is 1. The quantitative estimate of drug-likeness (QED) is 0.876. The van der Waals surface area contributed by atoms with Gasteiger partial charge in [-0.3, -0.25) is 0 Å². The zero-order chi connectivity index (χ0) is 16.5. The number of amidine groups is 1. The minimum atomic E-state index is 0.782. The van der Waals surface area contributed by atoms with Crippen LogP contribution in [0.25, 0.3) is 0 Å². The minimum Gasteiger partial charge on any atom is -0.497 e. The third-order valence-electron chi connectivity index (χ3n) is 4.41. The summed E-state index contributed by atoms with van der Waals surface area (Å²) in [7, 11) is 1.67. The maximum absolute atomic E-state index is 6.21. The summed E-state index contributed by atoms with van der Waals surface area (Å²) in [5.74, 6) is 3.33. The van der Waals surface area contributed by atoms with E-state index in [1.54, 1.807) is 7.11 Å². The number of methoxy groups -OCH3 is 1. The molecule has 2 aliphatic rings. The van der Waals surface area contributed by atoms with Crippen molar-refractivity contribution in [2.24, 2.45) is 4.99 Å². The Morgan fingerprint density at radius 3 is 2.71 bits per heavy atom. The van der Waals surface area contributed by atoms with Crippen molar-refractivity contribution in [3.8, 4) is 17.2 Å². The number of piperazine rings is 1. The van der Waals surface area contributed by atoms with Crippen LogP contribution in [-0.4, -0.2) is 44.0 Å². The normalized spacial score (nSPS) is 16.4. The minimum absolute atomic E-state index is 0.782. The van der Waals surface area contributed by atoms with Gasteiger partial charge in [-0.05, 0) is 36.8 Å². The molecule has 5 nitrogen and oxygen atoms in total. The molecular formula is C19H21N3O2. The van der Waals surface area contributed by atoms with Crippen molar-refractivity contribution in [3.05, 3.63) is 47.5 Å². The molecule has 24 heavy (non-hydrogen) atoms. The average Bonchev–Trinajstić information content (AvgIpc) is 2.77. The number of nitrogens with one attached hydrogen (secondary N) is 1. The lowest BCUT2D eigenvalue weighted by Gasteiger charge is -2.30. The van der Waals surface area contributed by atoms with E-state index >= 15 is 0 Å². The molecular weight excluding hydrogens is 302 g/mol. The highest BCUT2D eigenvalue weighted by atomic mass is 16.5. The van der Waals surface area contributed by atoms with Crippen molar-refractivity contribution in [1.82, 2.24) is 10.2 Å². The Bertz CT molecular complexity index is 795. The van der Waals surface area contributed by atoms with E-state index in [1.807, 2.05) is 30.3 Å². The molecule has 0 bridgehead atoms. The second-order valence-electron chi connectivity index (χ2n) is 6.11. The molecule has 2 aromatic carbocycles. The highest BCUT2D eigenvalue weighted by Crippen LogP contribution is 2.40. The van der Waals surface area contributed by atoms with Crippen molar-refractivity contribution in [3.63, 3.8) is 0 Å². The molecule has 5 heteroatoms. The Balaban J connectivity index is 1.87. The molecule has 1 saturated heterocycles. The Kier molecular flexibility index (Phi) is 3.86. The molecule has 0 spiro atoms. The summed E-state index contributed by atoms with van der Waals surface area (Å²) in [4.78, 5) is 7.27. The van der Waals surface area contributed by atoms with Gasteiger partial charge >= 0.3 is 0 Å². The molecule has 0 amide bonds. The number of benzene rings is 2. The fourth-order valence-corrected chi connectivity index (χ4v) is 3.10. The standard InChI is InChI=1S/C19H21N3O2/c1-13-3-6-16-18(11-13)24-17-12-14(23-2)4-5-15(17)19(21-16)22-9-7-20-8-10-22/h3-6,11-12,20H,7-10H2,1-2H3. The predicted molar refractivity (Wildman–Crippen MR) is 94.9 cm³/mol. The molecule has 0 aliphatic carbocycles. The molecule has 0 atom stereocenters. The number of nitrogens with zero attached hydrogens (tertiary/aromatic N) is 2. The Morgan fingerprint density at radius 1 is 1.08 bits per heavy atom. The summed E-state index contributed by atoms with van der Waals surface area (Å²) >= 11 is 0. The predicted octanol–water partition coefficient (Wildman–Crippen LogP) is 3.09. The average molecular weight is 323 g/mol. The Morgan fingerprint density at radius 2 is 1.92 bits per heavy atom. The summed E-state index contributed by atoms with van der Waals surface area (Å²) in [5, 5.41) is 3.39. The van der Waals surface area contributed by atoms with E-state index < -0.39 is 0 Å². The van der Waals surface area contributed by atoms with Crippen LogP contribution >= 0.6 is 0 Å². The van der Waals surface area contributed by atoms with Gasteiger partial charge < -0.3 is 19.7 Å². The van der Waals surface area contributed by atoms with Gasteiger partial charge in [0.1, 0.15) is 23.0 Å². The number of hydrogen-bond acceptors (Lipinski definition) is 5. The van der Waals surface area contributed by atoms with Gasteiger partial charge in [0, 0.05) is 32.2 Å². The molecule has 2 aliphatic heterocycles. The lowest BCUT2D eigenvalue weighted by atomic mass is 10.1. The molecule has 1 N–H and O–H groups in total. The molecule has 0 unspecified atom stereocenters. The third-order valence-corrected chi connectivity index (χ3v) is 4.41. The Labute approximate surface area is 141 Å². The molecule has 4 rings (SSSR count). The van der Waals surface area contributed by atoms with Crippen LogP contribution < -0.4 is 14.8 Å². The fourth-order valence-electron chi connectivity index (χ4n) is 3.10. The highest BCUT2D eigenvalue weighted by molar-refractivity contribution is 6.04. The first-order valence-corrected chi connectivity index (χ1v) is 8.26. The highest BCUT2D eigenvalue weighted by Gasteiger charge is 2.24. The zero-order valence-electron chi connectivity index (χ0n) is 14.0. The summed E-state index contributed by atoms with van der Waals surface area (Å²) in [5.41, 5.74) is 3.02. The van der Waals surface area contributed by atoms with E-state index in [0.717, 1.165) is 66.1 Å². The first-order chi connectivity index (χ1) is 11.7. The number of aliphatic imine (C=N–C) groups is 1. The molecule has 0 saturated carbocycles. The first-order valence-electron chi connectivity index (χ1n) is 8.26. The summed E-state index contributed by atoms with van der Waals surface area (Å²) in [6.45, 7) is 5.86. The van der Waals surface area contributed by atoms with Gasteiger partial charge in [0.25, 0.3) is 0 Å². The maximum Gasteiger partial charge on any atom is 0.153 e. The summed E-state index contributed by atoms with van der Waals surface area (Å²) in [6.07, 6.45) is 0. The van der Waals surface area contributed by atoms with Crippen LogP contribution in [0.2, 0.25) is 0 Å². The lowest BCUT2D eigenvalue weighted by molar-refractivity contribution is 0.357. The molecule has 0 radical (unpaired) electrons. The Hall–Kier alpha value is -2.53. The van der Waals surface area contributed by atoms with Gasteiger partial charge in [0.05, 0.1) is 12.7 Å². The van der Waals surface area contributed by atoms with Gasteiger partial charge in [0.2, 0.25) is 0 Å². The number of hydrogen-bond donors (Lipinski definition) is 1. The first kappa shape index (κ1) is 15.0. The van der Waals surface area contributed by atoms with Crippen molar-refractivity contribution in [2.75, 3.05) is 33.3 Å². The van der Waals surface area contributed by atoms with Crippen LogP contribution in [-0.2, 0) is 0 Å². The van der Waals surface area contributed by atoms with E-state index in [9.17, 15) is 0 Å². The van der Waals surface area contributed by atoms with Gasteiger partial charge in [0.15, 0.2) is 5.75 Å². The van der Waals surface area contributed by atoms with Crippen molar-refractivity contribution in [1.29, 1.82) is 0 Å². The van der Waals surface area contributed by atoms with Crippen molar-refractivity contribution < 1.29 is 9.47 Å². The SMILES string of the molecule is COc1ccc2c(c1)Oc1cc(C)ccc1N=C2N1CCNCC1. The molecule has 124 valence electrons. The summed E-state index contributed by atoms with van der Waals surface area (Å²) < 4.78 is 11.6. The van der Waals surface area contributed by atoms with Gasteiger partial charge in [-0.1, -0.05) is 6.07 Å². The number of ether oxygens (including phenoxy) is 2. The van der Waals surface area contributed by atoms with E-state index in [-0.39, 0.29) is 0 Å². The van der Waals surface area contributed by atoms with Gasteiger partial charge in [-0.2, -0.15) is 0 Å². The third kappa shape index (κ3) is 2.71. The van der Waals surface area contributed by atoms with Gasteiger partial charge in [-0.25, -0.2) is 4.99 Å².